The van der Waals surface area contributed by atoms with Gasteiger partial charge in [-0.3, -0.25) is 0 Å². The first-order valence-electron chi connectivity index (χ1n) is 5.11. The summed E-state index contributed by atoms with van der Waals surface area (Å²) in [6, 6.07) is 0.416. The Kier molecular flexibility index (Phi) is 9.87. The van der Waals surface area contributed by atoms with Crippen LogP contribution in [0.5, 0.6) is 0 Å². The summed E-state index contributed by atoms with van der Waals surface area (Å²) in [5.74, 6) is 0. The number of hydrogen-bond acceptors (Lipinski definition) is 3. The van der Waals surface area contributed by atoms with Gasteiger partial charge in [-0.2, -0.15) is 0 Å². The second-order valence-electron chi connectivity index (χ2n) is 3.28. The number of hydrogen-bond donors (Lipinski definition) is 1. The maximum absolute atomic E-state index is 5.40. The summed E-state index contributed by atoms with van der Waals surface area (Å²) >= 11 is 0. The predicted octanol–water partition coefficient (Wildman–Crippen LogP) is 1.43. The van der Waals surface area contributed by atoms with Gasteiger partial charge in [-0.1, -0.05) is 13.3 Å². The van der Waals surface area contributed by atoms with Gasteiger partial charge < -0.3 is 14.8 Å². The van der Waals surface area contributed by atoms with Crippen molar-refractivity contribution in [1.29, 1.82) is 0 Å². The van der Waals surface area contributed by atoms with E-state index in [-0.39, 0.29) is 0 Å². The van der Waals surface area contributed by atoms with Crippen molar-refractivity contribution in [2.24, 2.45) is 0 Å². The zero-order chi connectivity index (χ0) is 9.94. The van der Waals surface area contributed by atoms with Crippen LogP contribution in [0.25, 0.3) is 0 Å². The minimum atomic E-state index is 0.416. The summed E-state index contributed by atoms with van der Waals surface area (Å²) in [6.45, 7) is 7.63. The van der Waals surface area contributed by atoms with E-state index in [4.69, 9.17) is 9.47 Å². The first-order chi connectivity index (χ1) is 6.31. The standard InChI is InChI=1S/C10H23NO2/c1-4-5-7-13-8-6-11-10(2)9-12-3/h10-11H,4-9H2,1-3H3. The van der Waals surface area contributed by atoms with Crippen LogP contribution in [-0.2, 0) is 9.47 Å². The van der Waals surface area contributed by atoms with E-state index in [0.717, 1.165) is 32.8 Å². The molecule has 0 saturated heterocycles. The third-order valence-corrected chi connectivity index (χ3v) is 1.80. The third kappa shape index (κ3) is 9.80. The molecule has 0 amide bonds. The monoisotopic (exact) mass is 189 g/mol. The van der Waals surface area contributed by atoms with Crippen LogP contribution < -0.4 is 5.32 Å². The van der Waals surface area contributed by atoms with Crippen molar-refractivity contribution in [1.82, 2.24) is 5.32 Å². The van der Waals surface area contributed by atoms with Gasteiger partial charge in [0.1, 0.15) is 0 Å². The molecule has 0 bridgehead atoms. The molecule has 3 nitrogen and oxygen atoms in total. The molecule has 13 heavy (non-hydrogen) atoms. The molecule has 0 aromatic heterocycles. The van der Waals surface area contributed by atoms with Crippen LogP contribution in [0.15, 0.2) is 0 Å². The SMILES string of the molecule is CCCCOCCNC(C)COC. The van der Waals surface area contributed by atoms with Crippen molar-refractivity contribution < 1.29 is 9.47 Å². The fraction of sp³-hybridized carbons (Fsp3) is 1.00. The Labute approximate surface area is 81.8 Å². The number of methoxy groups -OCH3 is 1. The van der Waals surface area contributed by atoms with Gasteiger partial charge in [-0.05, 0) is 13.3 Å². The van der Waals surface area contributed by atoms with Gasteiger partial charge in [-0.15, -0.1) is 0 Å². The zero-order valence-corrected chi connectivity index (χ0v) is 9.14. The van der Waals surface area contributed by atoms with Crippen molar-refractivity contribution in [3.63, 3.8) is 0 Å². The molecule has 0 aromatic rings. The van der Waals surface area contributed by atoms with Crippen molar-refractivity contribution in [2.75, 3.05) is 33.5 Å². The smallest absolute Gasteiger partial charge is 0.0613 e. The summed E-state index contributed by atoms with van der Waals surface area (Å²) < 4.78 is 10.4. The van der Waals surface area contributed by atoms with Gasteiger partial charge in [0.2, 0.25) is 0 Å². The van der Waals surface area contributed by atoms with Gasteiger partial charge in [-0.25, -0.2) is 0 Å². The minimum Gasteiger partial charge on any atom is -0.383 e. The highest BCUT2D eigenvalue weighted by atomic mass is 16.5. The highest BCUT2D eigenvalue weighted by Gasteiger charge is 1.98. The summed E-state index contributed by atoms with van der Waals surface area (Å²) in [5.41, 5.74) is 0. The van der Waals surface area contributed by atoms with Crippen molar-refractivity contribution >= 4 is 0 Å². The molecule has 0 radical (unpaired) electrons. The Morgan fingerprint density at radius 2 is 2.08 bits per heavy atom. The Bertz CT molecular complexity index is 98.9. The van der Waals surface area contributed by atoms with Gasteiger partial charge in [0, 0.05) is 26.3 Å². The predicted molar refractivity (Wildman–Crippen MR) is 55.1 cm³/mol. The van der Waals surface area contributed by atoms with Gasteiger partial charge in [0.25, 0.3) is 0 Å². The highest BCUT2D eigenvalue weighted by molar-refractivity contribution is 4.57. The summed E-state index contributed by atoms with van der Waals surface area (Å²) in [4.78, 5) is 0. The molecule has 1 N–H and O–H groups in total. The summed E-state index contributed by atoms with van der Waals surface area (Å²) in [5, 5.41) is 3.31. The number of ether oxygens (including phenoxy) is 2. The van der Waals surface area contributed by atoms with E-state index in [9.17, 15) is 0 Å². The second-order valence-corrected chi connectivity index (χ2v) is 3.28. The van der Waals surface area contributed by atoms with Crippen LogP contribution in [0.2, 0.25) is 0 Å². The lowest BCUT2D eigenvalue weighted by atomic mass is 10.3. The number of nitrogens with one attached hydrogen (secondary N) is 1. The summed E-state index contributed by atoms with van der Waals surface area (Å²) in [6.07, 6.45) is 2.36. The van der Waals surface area contributed by atoms with Crippen molar-refractivity contribution in [3.05, 3.63) is 0 Å². The lowest BCUT2D eigenvalue weighted by molar-refractivity contribution is 0.123. The van der Waals surface area contributed by atoms with E-state index in [1.165, 1.54) is 6.42 Å². The number of rotatable bonds is 9. The van der Waals surface area contributed by atoms with E-state index < -0.39 is 0 Å². The molecular formula is C10H23NO2. The Morgan fingerprint density at radius 3 is 2.69 bits per heavy atom. The van der Waals surface area contributed by atoms with E-state index in [2.05, 4.69) is 19.2 Å². The zero-order valence-electron chi connectivity index (χ0n) is 9.14. The minimum absolute atomic E-state index is 0.416. The molecule has 0 aromatic carbocycles. The molecular weight excluding hydrogens is 166 g/mol. The van der Waals surface area contributed by atoms with Crippen molar-refractivity contribution in [3.8, 4) is 0 Å². The fourth-order valence-electron chi connectivity index (χ4n) is 1.03. The van der Waals surface area contributed by atoms with E-state index in [1.807, 2.05) is 0 Å². The van der Waals surface area contributed by atoms with E-state index in [0.29, 0.717) is 6.04 Å². The Hall–Kier alpha value is -0.120. The second kappa shape index (κ2) is 9.96. The molecule has 1 atom stereocenters. The molecule has 0 aliphatic carbocycles. The highest BCUT2D eigenvalue weighted by Crippen LogP contribution is 1.87. The van der Waals surface area contributed by atoms with Crippen LogP contribution in [0.4, 0.5) is 0 Å². The normalized spacial score (nSPS) is 13.2. The van der Waals surface area contributed by atoms with Gasteiger partial charge in [0.05, 0.1) is 13.2 Å². The maximum atomic E-state index is 5.40. The largest absolute Gasteiger partial charge is 0.383 e. The molecule has 0 fully saturated rings. The Balaban J connectivity index is 2.97. The Morgan fingerprint density at radius 1 is 1.31 bits per heavy atom. The summed E-state index contributed by atoms with van der Waals surface area (Å²) in [7, 11) is 1.72. The van der Waals surface area contributed by atoms with Crippen LogP contribution >= 0.6 is 0 Å². The van der Waals surface area contributed by atoms with E-state index in [1.54, 1.807) is 7.11 Å². The lowest BCUT2D eigenvalue weighted by Gasteiger charge is -2.12. The maximum Gasteiger partial charge on any atom is 0.0613 e. The third-order valence-electron chi connectivity index (χ3n) is 1.80. The molecule has 0 heterocycles. The quantitative estimate of drug-likeness (QED) is 0.557. The first kappa shape index (κ1) is 12.9. The molecule has 3 heteroatoms. The van der Waals surface area contributed by atoms with Gasteiger partial charge in [0.15, 0.2) is 0 Å². The lowest BCUT2D eigenvalue weighted by Crippen LogP contribution is -2.32. The molecule has 0 aliphatic heterocycles. The number of unbranched alkanes of at least 4 members (excludes halogenated alkanes) is 1. The van der Waals surface area contributed by atoms with Crippen LogP contribution in [0, 0.1) is 0 Å². The van der Waals surface area contributed by atoms with Gasteiger partial charge >= 0.3 is 0 Å². The van der Waals surface area contributed by atoms with Crippen molar-refractivity contribution in [2.45, 2.75) is 32.7 Å². The van der Waals surface area contributed by atoms with Crippen LogP contribution in [0.3, 0.4) is 0 Å². The molecule has 0 aliphatic rings. The van der Waals surface area contributed by atoms with Crippen LogP contribution in [0.1, 0.15) is 26.7 Å². The average Bonchev–Trinajstić information content (AvgIpc) is 2.11. The molecule has 1 unspecified atom stereocenters. The average molecular weight is 189 g/mol. The van der Waals surface area contributed by atoms with Crippen LogP contribution in [-0.4, -0.2) is 39.5 Å². The fourth-order valence-corrected chi connectivity index (χ4v) is 1.03. The molecule has 0 saturated carbocycles. The topological polar surface area (TPSA) is 30.5 Å². The molecule has 0 rings (SSSR count). The first-order valence-corrected chi connectivity index (χ1v) is 5.11. The molecule has 0 spiro atoms. The van der Waals surface area contributed by atoms with E-state index >= 15 is 0 Å². The molecule has 80 valence electrons.